The smallest absolute Gasteiger partial charge is 0.312 e. The fourth-order valence-electron chi connectivity index (χ4n) is 2.04. The summed E-state index contributed by atoms with van der Waals surface area (Å²) in [4.78, 5) is 11.4. The Bertz CT molecular complexity index is 519. The Hall–Kier alpha value is -1.75. The summed E-state index contributed by atoms with van der Waals surface area (Å²) in [6.45, 7) is 5.63. The van der Waals surface area contributed by atoms with Crippen molar-refractivity contribution in [3.63, 3.8) is 0 Å². The Morgan fingerprint density at radius 3 is 2.35 bits per heavy atom. The molecule has 110 valence electrons. The van der Waals surface area contributed by atoms with E-state index in [0.29, 0.717) is 30.3 Å². The lowest BCUT2D eigenvalue weighted by Gasteiger charge is -2.37. The van der Waals surface area contributed by atoms with Crippen LogP contribution in [0.25, 0.3) is 0 Å². The van der Waals surface area contributed by atoms with Gasteiger partial charge in [-0.15, -0.1) is 0 Å². The molecule has 0 spiro atoms. The average molecular weight is 280 g/mol. The largest absolute Gasteiger partial charge is 0.490 e. The van der Waals surface area contributed by atoms with E-state index in [9.17, 15) is 15.0 Å². The highest BCUT2D eigenvalue weighted by Crippen LogP contribution is 2.42. The van der Waals surface area contributed by atoms with Crippen molar-refractivity contribution in [2.24, 2.45) is 5.41 Å². The molecule has 0 saturated carbocycles. The minimum atomic E-state index is -1.52. The van der Waals surface area contributed by atoms with Crippen LogP contribution in [-0.2, 0) is 10.4 Å². The first-order valence-electron chi connectivity index (χ1n) is 6.62. The molecule has 5 nitrogen and oxygen atoms in total. The quantitative estimate of drug-likeness (QED) is 0.887. The van der Waals surface area contributed by atoms with Gasteiger partial charge in [0.1, 0.15) is 5.60 Å². The Kier molecular flexibility index (Phi) is 3.65. The molecular formula is C15H20O5. The highest BCUT2D eigenvalue weighted by molar-refractivity contribution is 5.75. The number of benzene rings is 1. The molecule has 2 rings (SSSR count). The van der Waals surface area contributed by atoms with Crippen LogP contribution in [0.1, 0.15) is 32.8 Å². The van der Waals surface area contributed by atoms with Gasteiger partial charge in [-0.2, -0.15) is 0 Å². The number of carbonyl (C=O) groups is 1. The molecular weight excluding hydrogens is 260 g/mol. The van der Waals surface area contributed by atoms with Gasteiger partial charge in [0.2, 0.25) is 0 Å². The van der Waals surface area contributed by atoms with Crippen LogP contribution < -0.4 is 9.47 Å². The topological polar surface area (TPSA) is 76.0 Å². The Balaban J connectivity index is 2.43. The van der Waals surface area contributed by atoms with Gasteiger partial charge in [0.15, 0.2) is 11.5 Å². The fourth-order valence-corrected chi connectivity index (χ4v) is 2.04. The van der Waals surface area contributed by atoms with Gasteiger partial charge in [0.05, 0.1) is 18.6 Å². The molecule has 5 heteroatoms. The molecule has 0 bridgehead atoms. The van der Waals surface area contributed by atoms with Crippen molar-refractivity contribution in [1.29, 1.82) is 0 Å². The third-order valence-corrected chi connectivity index (χ3v) is 4.06. The zero-order chi connectivity index (χ0) is 15.0. The van der Waals surface area contributed by atoms with E-state index in [-0.39, 0.29) is 0 Å². The van der Waals surface area contributed by atoms with E-state index in [0.717, 1.165) is 6.42 Å². The van der Waals surface area contributed by atoms with Crippen molar-refractivity contribution in [2.75, 3.05) is 13.2 Å². The Morgan fingerprint density at radius 2 is 1.75 bits per heavy atom. The molecule has 1 aromatic rings. The van der Waals surface area contributed by atoms with Crippen molar-refractivity contribution in [3.8, 4) is 11.5 Å². The standard InChI is InChI=1S/C15H20O5/c1-14(2,13(16)17)15(3,18)10-5-6-11-12(9-10)20-8-4-7-19-11/h5-6,9,18H,4,7-8H2,1-3H3,(H,16,17). The van der Waals surface area contributed by atoms with Crippen molar-refractivity contribution >= 4 is 5.97 Å². The highest BCUT2D eigenvalue weighted by atomic mass is 16.5. The van der Waals surface area contributed by atoms with E-state index in [1.807, 2.05) is 0 Å². The van der Waals surface area contributed by atoms with Crippen molar-refractivity contribution < 1.29 is 24.5 Å². The maximum Gasteiger partial charge on any atom is 0.312 e. The summed E-state index contributed by atoms with van der Waals surface area (Å²) in [5.74, 6) is 0.103. The monoisotopic (exact) mass is 280 g/mol. The molecule has 1 atom stereocenters. The van der Waals surface area contributed by atoms with E-state index in [1.165, 1.54) is 20.8 Å². The highest BCUT2D eigenvalue weighted by Gasteiger charge is 2.47. The van der Waals surface area contributed by atoms with Crippen LogP contribution in [0.2, 0.25) is 0 Å². The molecule has 1 unspecified atom stereocenters. The molecule has 0 aromatic heterocycles. The molecule has 1 aliphatic heterocycles. The van der Waals surface area contributed by atoms with Crippen LogP contribution in [0, 0.1) is 5.41 Å². The first kappa shape index (κ1) is 14.7. The number of hydrogen-bond acceptors (Lipinski definition) is 4. The van der Waals surface area contributed by atoms with Crippen LogP contribution in [0.15, 0.2) is 18.2 Å². The molecule has 0 aliphatic carbocycles. The molecule has 0 amide bonds. The maximum absolute atomic E-state index is 11.4. The predicted molar refractivity (Wildman–Crippen MR) is 73.0 cm³/mol. The molecule has 2 N–H and O–H groups in total. The lowest BCUT2D eigenvalue weighted by atomic mass is 9.72. The van der Waals surface area contributed by atoms with Gasteiger partial charge in [-0.1, -0.05) is 6.07 Å². The van der Waals surface area contributed by atoms with E-state index in [1.54, 1.807) is 18.2 Å². The molecule has 0 fully saturated rings. The molecule has 0 saturated heterocycles. The van der Waals surface area contributed by atoms with Gasteiger partial charge in [-0.05, 0) is 38.5 Å². The zero-order valence-corrected chi connectivity index (χ0v) is 12.0. The fraction of sp³-hybridized carbons (Fsp3) is 0.533. The summed E-state index contributed by atoms with van der Waals surface area (Å²) < 4.78 is 11.1. The van der Waals surface area contributed by atoms with Crippen LogP contribution in [0.4, 0.5) is 0 Å². The maximum atomic E-state index is 11.4. The molecule has 20 heavy (non-hydrogen) atoms. The second-order valence-corrected chi connectivity index (χ2v) is 5.71. The number of hydrogen-bond donors (Lipinski definition) is 2. The average Bonchev–Trinajstić information content (AvgIpc) is 2.62. The number of rotatable bonds is 3. The zero-order valence-electron chi connectivity index (χ0n) is 12.0. The predicted octanol–water partition coefficient (Wildman–Crippen LogP) is 2.17. The Morgan fingerprint density at radius 1 is 1.15 bits per heavy atom. The SMILES string of the molecule is CC(C)(C(=O)O)C(C)(O)c1ccc2c(c1)OCCCO2. The summed E-state index contributed by atoms with van der Waals surface area (Å²) in [7, 11) is 0. The molecule has 1 heterocycles. The van der Waals surface area contributed by atoms with Crippen molar-refractivity contribution in [2.45, 2.75) is 32.8 Å². The minimum absolute atomic E-state index is 0.495. The number of aliphatic hydroxyl groups is 1. The number of carboxylic acid groups (broad SMARTS) is 1. The molecule has 1 aromatic carbocycles. The summed E-state index contributed by atoms with van der Waals surface area (Å²) >= 11 is 0. The first-order chi connectivity index (χ1) is 9.26. The van der Waals surface area contributed by atoms with Crippen molar-refractivity contribution in [3.05, 3.63) is 23.8 Å². The normalized spacial score (nSPS) is 18.0. The van der Waals surface area contributed by atoms with E-state index >= 15 is 0 Å². The van der Waals surface area contributed by atoms with Crippen LogP contribution in [-0.4, -0.2) is 29.4 Å². The molecule has 0 radical (unpaired) electrons. The van der Waals surface area contributed by atoms with Gasteiger partial charge in [-0.25, -0.2) is 0 Å². The third kappa shape index (κ3) is 2.33. The van der Waals surface area contributed by atoms with Gasteiger partial charge >= 0.3 is 5.97 Å². The minimum Gasteiger partial charge on any atom is -0.490 e. The summed E-state index contributed by atoms with van der Waals surface area (Å²) in [6, 6.07) is 5.05. The van der Waals surface area contributed by atoms with Crippen LogP contribution in [0.3, 0.4) is 0 Å². The first-order valence-corrected chi connectivity index (χ1v) is 6.62. The van der Waals surface area contributed by atoms with Gasteiger partial charge in [0.25, 0.3) is 0 Å². The Labute approximate surface area is 118 Å². The lowest BCUT2D eigenvalue weighted by Crippen LogP contribution is -2.45. The number of aliphatic carboxylic acids is 1. The van der Waals surface area contributed by atoms with Gasteiger partial charge in [-0.3, -0.25) is 4.79 Å². The second-order valence-electron chi connectivity index (χ2n) is 5.71. The lowest BCUT2D eigenvalue weighted by molar-refractivity contribution is -0.164. The summed E-state index contributed by atoms with van der Waals surface area (Å²) in [5.41, 5.74) is -2.36. The van der Waals surface area contributed by atoms with E-state index in [2.05, 4.69) is 0 Å². The number of carboxylic acids is 1. The van der Waals surface area contributed by atoms with Gasteiger partial charge < -0.3 is 19.7 Å². The molecule has 1 aliphatic rings. The third-order valence-electron chi connectivity index (χ3n) is 4.06. The van der Waals surface area contributed by atoms with Crippen LogP contribution >= 0.6 is 0 Å². The van der Waals surface area contributed by atoms with E-state index in [4.69, 9.17) is 9.47 Å². The van der Waals surface area contributed by atoms with E-state index < -0.39 is 17.0 Å². The summed E-state index contributed by atoms with van der Waals surface area (Å²) in [6.07, 6.45) is 0.793. The van der Waals surface area contributed by atoms with Crippen molar-refractivity contribution in [1.82, 2.24) is 0 Å². The second kappa shape index (κ2) is 4.98. The summed E-state index contributed by atoms with van der Waals surface area (Å²) in [5, 5.41) is 20.0. The number of ether oxygens (including phenoxy) is 2. The number of fused-ring (bicyclic) bond motifs is 1. The van der Waals surface area contributed by atoms with Gasteiger partial charge in [0, 0.05) is 6.42 Å². The van der Waals surface area contributed by atoms with Crippen LogP contribution in [0.5, 0.6) is 11.5 Å².